The van der Waals surface area contributed by atoms with E-state index >= 15 is 0 Å². The van der Waals surface area contributed by atoms with Gasteiger partial charge < -0.3 is 15.0 Å². The van der Waals surface area contributed by atoms with E-state index in [0.717, 1.165) is 32.0 Å². The summed E-state index contributed by atoms with van der Waals surface area (Å²) in [4.78, 5) is 13.8. The van der Waals surface area contributed by atoms with E-state index in [1.807, 2.05) is 25.1 Å². The SMILES string of the molecule is CN(C)C/C=C/C(=O)NCC1(C)CCOC1C1CC1. The molecule has 1 saturated carbocycles. The molecule has 2 atom stereocenters. The zero-order valence-corrected chi connectivity index (χ0v) is 12.3. The molecule has 0 aromatic carbocycles. The number of nitrogens with one attached hydrogen (secondary N) is 1. The topological polar surface area (TPSA) is 41.6 Å². The summed E-state index contributed by atoms with van der Waals surface area (Å²) in [7, 11) is 3.97. The van der Waals surface area contributed by atoms with Crippen molar-refractivity contribution < 1.29 is 9.53 Å². The highest BCUT2D eigenvalue weighted by atomic mass is 16.5. The van der Waals surface area contributed by atoms with Crippen molar-refractivity contribution in [3.05, 3.63) is 12.2 Å². The Hall–Kier alpha value is -0.870. The van der Waals surface area contributed by atoms with Gasteiger partial charge in [0.05, 0.1) is 6.10 Å². The largest absolute Gasteiger partial charge is 0.377 e. The van der Waals surface area contributed by atoms with Crippen LogP contribution < -0.4 is 5.32 Å². The minimum atomic E-state index is 0.00419. The van der Waals surface area contributed by atoms with Crippen LogP contribution in [0.4, 0.5) is 0 Å². The van der Waals surface area contributed by atoms with Crippen LogP contribution in [0.3, 0.4) is 0 Å². The van der Waals surface area contributed by atoms with E-state index in [1.165, 1.54) is 12.8 Å². The Morgan fingerprint density at radius 2 is 2.21 bits per heavy atom. The molecule has 0 bridgehead atoms. The first-order chi connectivity index (χ1) is 9.01. The predicted octanol–water partition coefficient (Wildman–Crippen LogP) is 1.43. The first-order valence-electron chi connectivity index (χ1n) is 7.22. The van der Waals surface area contributed by atoms with E-state index in [9.17, 15) is 4.79 Å². The summed E-state index contributed by atoms with van der Waals surface area (Å²) in [5.41, 5.74) is 0.117. The zero-order chi connectivity index (χ0) is 13.9. The highest BCUT2D eigenvalue weighted by Gasteiger charge is 2.47. The molecule has 108 valence electrons. The molecule has 1 heterocycles. The van der Waals surface area contributed by atoms with Crippen LogP contribution in [0.25, 0.3) is 0 Å². The predicted molar refractivity (Wildman–Crippen MR) is 75.9 cm³/mol. The van der Waals surface area contributed by atoms with Crippen molar-refractivity contribution in [2.24, 2.45) is 11.3 Å². The molecular formula is C15H26N2O2. The summed E-state index contributed by atoms with van der Waals surface area (Å²) in [5.74, 6) is 0.734. The van der Waals surface area contributed by atoms with Crippen molar-refractivity contribution in [2.75, 3.05) is 33.8 Å². The molecule has 4 nitrogen and oxygen atoms in total. The first kappa shape index (κ1) is 14.5. The van der Waals surface area contributed by atoms with Gasteiger partial charge in [-0.2, -0.15) is 0 Å². The number of hydrogen-bond donors (Lipinski definition) is 1. The third-order valence-electron chi connectivity index (χ3n) is 4.11. The van der Waals surface area contributed by atoms with Crippen molar-refractivity contribution in [3.63, 3.8) is 0 Å². The molecule has 1 aliphatic heterocycles. The number of nitrogens with zero attached hydrogens (tertiary/aromatic N) is 1. The summed E-state index contributed by atoms with van der Waals surface area (Å²) in [6.07, 6.45) is 7.49. The van der Waals surface area contributed by atoms with E-state index in [4.69, 9.17) is 4.74 Å². The van der Waals surface area contributed by atoms with Gasteiger partial charge in [0.15, 0.2) is 0 Å². The molecular weight excluding hydrogens is 240 g/mol. The van der Waals surface area contributed by atoms with Crippen molar-refractivity contribution >= 4 is 5.91 Å². The number of hydrogen-bond acceptors (Lipinski definition) is 3. The summed E-state index contributed by atoms with van der Waals surface area (Å²) in [6.45, 7) is 4.59. The molecule has 2 unspecified atom stereocenters. The average Bonchev–Trinajstić information content (AvgIpc) is 3.10. The second-order valence-electron chi connectivity index (χ2n) is 6.42. The van der Waals surface area contributed by atoms with E-state index in [1.54, 1.807) is 6.08 Å². The fraction of sp³-hybridized carbons (Fsp3) is 0.800. The molecule has 2 aliphatic rings. The third kappa shape index (κ3) is 4.05. The van der Waals surface area contributed by atoms with E-state index in [0.29, 0.717) is 6.10 Å². The molecule has 1 N–H and O–H groups in total. The molecule has 1 saturated heterocycles. The summed E-state index contributed by atoms with van der Waals surface area (Å²) < 4.78 is 5.86. The van der Waals surface area contributed by atoms with E-state index in [2.05, 4.69) is 12.2 Å². The molecule has 4 heteroatoms. The average molecular weight is 266 g/mol. The molecule has 2 rings (SSSR count). The van der Waals surface area contributed by atoms with Gasteiger partial charge in [-0.25, -0.2) is 0 Å². The van der Waals surface area contributed by atoms with Crippen LogP contribution in [-0.4, -0.2) is 50.7 Å². The molecule has 0 aromatic heterocycles. The Morgan fingerprint density at radius 1 is 1.47 bits per heavy atom. The van der Waals surface area contributed by atoms with Crippen LogP contribution in [0.1, 0.15) is 26.2 Å². The summed E-state index contributed by atoms with van der Waals surface area (Å²) >= 11 is 0. The highest BCUT2D eigenvalue weighted by Crippen LogP contribution is 2.47. The Balaban J connectivity index is 1.77. The lowest BCUT2D eigenvalue weighted by atomic mass is 9.81. The summed E-state index contributed by atoms with van der Waals surface area (Å²) in [6, 6.07) is 0. The van der Waals surface area contributed by atoms with Crippen molar-refractivity contribution in [3.8, 4) is 0 Å². The Kier molecular flexibility index (Phi) is 4.63. The standard InChI is InChI=1S/C15H26N2O2/c1-15(8-10-19-14(15)12-6-7-12)11-16-13(18)5-4-9-17(2)3/h4-5,12,14H,6-11H2,1-3H3,(H,16,18)/b5-4+. The first-order valence-corrected chi connectivity index (χ1v) is 7.22. The van der Waals surface area contributed by atoms with Crippen LogP contribution in [0.2, 0.25) is 0 Å². The Bertz CT molecular complexity index is 350. The van der Waals surface area contributed by atoms with Gasteiger partial charge in [0.1, 0.15) is 0 Å². The highest BCUT2D eigenvalue weighted by molar-refractivity contribution is 5.87. The maximum absolute atomic E-state index is 11.8. The molecule has 19 heavy (non-hydrogen) atoms. The van der Waals surface area contributed by atoms with Gasteiger partial charge in [-0.3, -0.25) is 4.79 Å². The minimum Gasteiger partial charge on any atom is -0.377 e. The second-order valence-corrected chi connectivity index (χ2v) is 6.42. The van der Waals surface area contributed by atoms with Crippen molar-refractivity contribution in [1.29, 1.82) is 0 Å². The lowest BCUT2D eigenvalue weighted by Gasteiger charge is -2.30. The number of rotatable bonds is 6. The lowest BCUT2D eigenvalue weighted by Crippen LogP contribution is -2.41. The molecule has 1 amide bonds. The van der Waals surface area contributed by atoms with Crippen LogP contribution in [0, 0.1) is 11.3 Å². The van der Waals surface area contributed by atoms with Gasteiger partial charge >= 0.3 is 0 Å². The maximum Gasteiger partial charge on any atom is 0.243 e. The normalized spacial score (nSPS) is 31.3. The van der Waals surface area contributed by atoms with E-state index in [-0.39, 0.29) is 11.3 Å². The molecule has 1 aliphatic carbocycles. The fourth-order valence-corrected chi connectivity index (χ4v) is 2.77. The van der Waals surface area contributed by atoms with Gasteiger partial charge in [-0.05, 0) is 39.3 Å². The van der Waals surface area contributed by atoms with Crippen LogP contribution >= 0.6 is 0 Å². The number of carbonyl (C=O) groups excluding carboxylic acids is 1. The quantitative estimate of drug-likeness (QED) is 0.739. The van der Waals surface area contributed by atoms with Gasteiger partial charge in [0.2, 0.25) is 5.91 Å². The number of ether oxygens (including phenoxy) is 1. The fourth-order valence-electron chi connectivity index (χ4n) is 2.77. The number of carbonyl (C=O) groups is 1. The van der Waals surface area contributed by atoms with Gasteiger partial charge in [0.25, 0.3) is 0 Å². The van der Waals surface area contributed by atoms with E-state index < -0.39 is 0 Å². The number of amides is 1. The van der Waals surface area contributed by atoms with Gasteiger partial charge in [-0.1, -0.05) is 13.0 Å². The molecule has 0 aromatic rings. The monoisotopic (exact) mass is 266 g/mol. The number of likely N-dealkylation sites (N-methyl/N-ethyl adjacent to an activating group) is 1. The van der Waals surface area contributed by atoms with Gasteiger partial charge in [-0.15, -0.1) is 0 Å². The Labute approximate surface area is 116 Å². The minimum absolute atomic E-state index is 0.00419. The van der Waals surface area contributed by atoms with Crippen molar-refractivity contribution in [1.82, 2.24) is 10.2 Å². The lowest BCUT2D eigenvalue weighted by molar-refractivity contribution is -0.117. The molecule has 0 radical (unpaired) electrons. The van der Waals surface area contributed by atoms with Crippen LogP contribution in [-0.2, 0) is 9.53 Å². The second kappa shape index (κ2) is 6.06. The van der Waals surface area contributed by atoms with Crippen LogP contribution in [0.5, 0.6) is 0 Å². The summed E-state index contributed by atoms with van der Waals surface area (Å²) in [5, 5.41) is 3.03. The maximum atomic E-state index is 11.8. The molecule has 2 fully saturated rings. The van der Waals surface area contributed by atoms with Gasteiger partial charge in [0, 0.05) is 31.2 Å². The van der Waals surface area contributed by atoms with Crippen molar-refractivity contribution in [2.45, 2.75) is 32.3 Å². The smallest absolute Gasteiger partial charge is 0.243 e. The third-order valence-corrected chi connectivity index (χ3v) is 4.11. The van der Waals surface area contributed by atoms with Crippen LogP contribution in [0.15, 0.2) is 12.2 Å². The zero-order valence-electron chi connectivity index (χ0n) is 12.3. The molecule has 0 spiro atoms. The Morgan fingerprint density at radius 3 is 2.84 bits per heavy atom.